The van der Waals surface area contributed by atoms with Crippen LogP contribution in [0, 0.1) is 11.8 Å². The minimum Gasteiger partial charge on any atom is -0.481 e. The molecule has 0 aromatic carbocycles. The third-order valence-corrected chi connectivity index (χ3v) is 5.43. The number of sulfone groups is 1. The van der Waals surface area contributed by atoms with Crippen molar-refractivity contribution in [2.45, 2.75) is 39.5 Å². The number of carboxylic acid groups (broad SMARTS) is 1. The number of hydrogen-bond acceptors (Lipinski definition) is 4. The van der Waals surface area contributed by atoms with Gasteiger partial charge in [-0.05, 0) is 31.1 Å². The zero-order valence-corrected chi connectivity index (χ0v) is 13.6. The maximum atomic E-state index is 12.1. The van der Waals surface area contributed by atoms with Gasteiger partial charge in [0.25, 0.3) is 0 Å². The van der Waals surface area contributed by atoms with Crippen LogP contribution in [0.3, 0.4) is 0 Å². The van der Waals surface area contributed by atoms with E-state index < -0.39 is 21.6 Å². The molecule has 1 fully saturated rings. The fourth-order valence-corrected chi connectivity index (χ4v) is 4.39. The average Bonchev–Trinajstić information content (AvgIpc) is 2.34. The SMILES string of the molecule is CC(C)CS(=O)(=O)CC(=O)N1CCCC(CCC(=O)O)C1. The van der Waals surface area contributed by atoms with Crippen LogP contribution in [0.2, 0.25) is 0 Å². The molecule has 1 unspecified atom stereocenters. The first-order chi connectivity index (χ1) is 9.69. The molecule has 0 saturated carbocycles. The Bertz CT molecular complexity index is 472. The van der Waals surface area contributed by atoms with Crippen molar-refractivity contribution in [1.29, 1.82) is 0 Å². The highest BCUT2D eigenvalue weighted by molar-refractivity contribution is 7.92. The van der Waals surface area contributed by atoms with E-state index in [1.807, 2.05) is 13.8 Å². The topological polar surface area (TPSA) is 91.8 Å². The van der Waals surface area contributed by atoms with Crippen molar-refractivity contribution in [1.82, 2.24) is 4.90 Å². The van der Waals surface area contributed by atoms with Gasteiger partial charge in [0, 0.05) is 19.5 Å². The predicted molar refractivity (Wildman–Crippen MR) is 79.7 cm³/mol. The van der Waals surface area contributed by atoms with E-state index in [0.29, 0.717) is 19.5 Å². The first-order valence-corrected chi connectivity index (χ1v) is 9.21. The van der Waals surface area contributed by atoms with Crippen molar-refractivity contribution in [3.05, 3.63) is 0 Å². The molecular formula is C14H25NO5S. The zero-order valence-electron chi connectivity index (χ0n) is 12.7. The Morgan fingerprint density at radius 3 is 2.57 bits per heavy atom. The summed E-state index contributed by atoms with van der Waals surface area (Å²) in [6.45, 7) is 4.67. The van der Waals surface area contributed by atoms with Gasteiger partial charge in [-0.1, -0.05) is 13.8 Å². The van der Waals surface area contributed by atoms with Gasteiger partial charge in [-0.3, -0.25) is 9.59 Å². The summed E-state index contributed by atoms with van der Waals surface area (Å²) in [5, 5.41) is 8.70. The number of carboxylic acids is 1. The molecule has 0 bridgehead atoms. The van der Waals surface area contributed by atoms with Crippen LogP contribution in [-0.4, -0.2) is 54.9 Å². The Morgan fingerprint density at radius 2 is 2.00 bits per heavy atom. The summed E-state index contributed by atoms with van der Waals surface area (Å²) in [5.74, 6) is -1.43. The average molecular weight is 319 g/mol. The summed E-state index contributed by atoms with van der Waals surface area (Å²) < 4.78 is 23.7. The number of nitrogens with zero attached hydrogens (tertiary/aromatic N) is 1. The highest BCUT2D eigenvalue weighted by atomic mass is 32.2. The van der Waals surface area contributed by atoms with Crippen molar-refractivity contribution in [2.24, 2.45) is 11.8 Å². The molecule has 122 valence electrons. The van der Waals surface area contributed by atoms with Crippen LogP contribution in [0.1, 0.15) is 39.5 Å². The largest absolute Gasteiger partial charge is 0.481 e. The number of likely N-dealkylation sites (tertiary alicyclic amines) is 1. The number of carbonyl (C=O) groups is 2. The Morgan fingerprint density at radius 1 is 1.33 bits per heavy atom. The smallest absolute Gasteiger partial charge is 0.303 e. The molecule has 0 aromatic heterocycles. The highest BCUT2D eigenvalue weighted by Gasteiger charge is 2.27. The van der Waals surface area contributed by atoms with Gasteiger partial charge >= 0.3 is 5.97 Å². The molecule has 0 spiro atoms. The van der Waals surface area contributed by atoms with Gasteiger partial charge < -0.3 is 10.0 Å². The fraction of sp³-hybridized carbons (Fsp3) is 0.857. The van der Waals surface area contributed by atoms with E-state index in [-0.39, 0.29) is 29.9 Å². The molecule has 0 aliphatic carbocycles. The molecule has 7 heteroatoms. The summed E-state index contributed by atoms with van der Waals surface area (Å²) in [5.41, 5.74) is 0. The molecule has 1 heterocycles. The summed E-state index contributed by atoms with van der Waals surface area (Å²) in [6.07, 6.45) is 2.34. The van der Waals surface area contributed by atoms with Crippen molar-refractivity contribution in [3.8, 4) is 0 Å². The summed E-state index contributed by atoms with van der Waals surface area (Å²) in [7, 11) is -3.36. The lowest BCUT2D eigenvalue weighted by Crippen LogP contribution is -2.43. The van der Waals surface area contributed by atoms with Crippen molar-refractivity contribution < 1.29 is 23.1 Å². The maximum absolute atomic E-state index is 12.1. The molecule has 1 aliphatic heterocycles. The molecule has 1 rings (SSSR count). The van der Waals surface area contributed by atoms with E-state index in [1.165, 1.54) is 0 Å². The minimum absolute atomic E-state index is 0.00692. The van der Waals surface area contributed by atoms with E-state index in [1.54, 1.807) is 4.90 Å². The first kappa shape index (κ1) is 17.9. The van der Waals surface area contributed by atoms with Crippen LogP contribution in [0.4, 0.5) is 0 Å². The molecule has 1 atom stereocenters. The van der Waals surface area contributed by atoms with Gasteiger partial charge in [0.2, 0.25) is 5.91 Å². The molecular weight excluding hydrogens is 294 g/mol. The second-order valence-corrected chi connectivity index (χ2v) is 8.34. The molecule has 1 saturated heterocycles. The fourth-order valence-electron chi connectivity index (χ4n) is 2.70. The lowest BCUT2D eigenvalue weighted by molar-refractivity contribution is -0.137. The van der Waals surface area contributed by atoms with Crippen LogP contribution < -0.4 is 0 Å². The summed E-state index contributed by atoms with van der Waals surface area (Å²) in [4.78, 5) is 24.3. The number of carbonyl (C=O) groups excluding carboxylic acids is 1. The zero-order chi connectivity index (χ0) is 16.0. The van der Waals surface area contributed by atoms with Crippen LogP contribution in [0.15, 0.2) is 0 Å². The van der Waals surface area contributed by atoms with Gasteiger partial charge in [-0.25, -0.2) is 8.42 Å². The quantitative estimate of drug-likeness (QED) is 0.760. The van der Waals surface area contributed by atoms with Gasteiger partial charge in [-0.2, -0.15) is 0 Å². The number of piperidine rings is 1. The van der Waals surface area contributed by atoms with E-state index in [0.717, 1.165) is 12.8 Å². The first-order valence-electron chi connectivity index (χ1n) is 7.39. The van der Waals surface area contributed by atoms with E-state index >= 15 is 0 Å². The Kier molecular flexibility index (Phi) is 6.64. The number of amides is 1. The number of hydrogen-bond donors (Lipinski definition) is 1. The van der Waals surface area contributed by atoms with Gasteiger partial charge in [0.1, 0.15) is 5.75 Å². The normalized spacial score (nSPS) is 19.8. The Labute approximate surface area is 126 Å². The van der Waals surface area contributed by atoms with Crippen molar-refractivity contribution >= 4 is 21.7 Å². The van der Waals surface area contributed by atoms with Gasteiger partial charge in [0.05, 0.1) is 5.75 Å². The maximum Gasteiger partial charge on any atom is 0.303 e. The Hall–Kier alpha value is -1.11. The van der Waals surface area contributed by atoms with Crippen LogP contribution >= 0.6 is 0 Å². The van der Waals surface area contributed by atoms with E-state index in [9.17, 15) is 18.0 Å². The van der Waals surface area contributed by atoms with Crippen LogP contribution in [0.5, 0.6) is 0 Å². The van der Waals surface area contributed by atoms with Crippen LogP contribution in [0.25, 0.3) is 0 Å². The standard InChI is InChI=1S/C14H25NO5S/c1-11(2)9-21(19,20)10-13(16)15-7-3-4-12(8-15)5-6-14(17)18/h11-12H,3-10H2,1-2H3,(H,17,18). The predicted octanol–water partition coefficient (Wildman–Crippen LogP) is 1.16. The summed E-state index contributed by atoms with van der Waals surface area (Å²) >= 11 is 0. The molecule has 0 aromatic rings. The van der Waals surface area contributed by atoms with Crippen LogP contribution in [-0.2, 0) is 19.4 Å². The highest BCUT2D eigenvalue weighted by Crippen LogP contribution is 2.21. The molecule has 1 amide bonds. The van der Waals surface area contributed by atoms with Crippen molar-refractivity contribution in [3.63, 3.8) is 0 Å². The molecule has 1 aliphatic rings. The molecule has 0 radical (unpaired) electrons. The van der Waals surface area contributed by atoms with E-state index in [2.05, 4.69) is 0 Å². The second-order valence-electron chi connectivity index (χ2n) is 6.23. The molecule has 6 nitrogen and oxygen atoms in total. The van der Waals surface area contributed by atoms with Crippen molar-refractivity contribution in [2.75, 3.05) is 24.6 Å². The monoisotopic (exact) mass is 319 g/mol. The third-order valence-electron chi connectivity index (χ3n) is 3.57. The Balaban J connectivity index is 2.52. The number of rotatable bonds is 7. The lowest BCUT2D eigenvalue weighted by Gasteiger charge is -2.32. The lowest BCUT2D eigenvalue weighted by atomic mass is 9.93. The van der Waals surface area contributed by atoms with Gasteiger partial charge in [-0.15, -0.1) is 0 Å². The third kappa shape index (κ3) is 6.93. The van der Waals surface area contributed by atoms with E-state index in [4.69, 9.17) is 5.11 Å². The minimum atomic E-state index is -3.36. The molecule has 21 heavy (non-hydrogen) atoms. The summed E-state index contributed by atoms with van der Waals surface area (Å²) in [6, 6.07) is 0. The van der Waals surface area contributed by atoms with Gasteiger partial charge in [0.15, 0.2) is 9.84 Å². The molecule has 1 N–H and O–H groups in total. The second kappa shape index (κ2) is 7.77. The number of aliphatic carboxylic acids is 1.